The molecular weight excluding hydrogens is 338 g/mol. The van der Waals surface area contributed by atoms with Gasteiger partial charge in [0.15, 0.2) is 0 Å². The predicted octanol–water partition coefficient (Wildman–Crippen LogP) is 2.63. The lowest BCUT2D eigenvalue weighted by molar-refractivity contribution is -0.129. The van der Waals surface area contributed by atoms with Crippen LogP contribution in [0.15, 0.2) is 48.7 Å². The van der Waals surface area contributed by atoms with Gasteiger partial charge in [-0.15, -0.1) is 0 Å². The number of aromatic nitrogens is 1. The topological polar surface area (TPSA) is 62.3 Å². The second kappa shape index (κ2) is 7.14. The highest BCUT2D eigenvalue weighted by Gasteiger charge is 2.46. The number of benzene rings is 1. The molecule has 2 amide bonds. The summed E-state index contributed by atoms with van der Waals surface area (Å²) in [5, 5.41) is 3.25. The minimum absolute atomic E-state index is 0.0111. The zero-order chi connectivity index (χ0) is 18.9. The summed E-state index contributed by atoms with van der Waals surface area (Å²) in [6, 6.07) is 14.1. The SMILES string of the molecule is Cc1cccc(CC2(NC(=O)C3CC(=O)N(Cc4ccccn4)C3)CC2)c1. The molecule has 1 saturated heterocycles. The van der Waals surface area contributed by atoms with Gasteiger partial charge in [-0.05, 0) is 43.9 Å². The third-order valence-electron chi connectivity index (χ3n) is 5.53. The van der Waals surface area contributed by atoms with Crippen molar-refractivity contribution in [2.75, 3.05) is 6.54 Å². The minimum Gasteiger partial charge on any atom is -0.350 e. The Balaban J connectivity index is 1.35. The molecule has 1 aliphatic heterocycles. The first kappa shape index (κ1) is 17.7. The molecule has 1 atom stereocenters. The summed E-state index contributed by atoms with van der Waals surface area (Å²) in [7, 11) is 0. The van der Waals surface area contributed by atoms with Crippen LogP contribution in [0.4, 0.5) is 0 Å². The van der Waals surface area contributed by atoms with Crippen LogP contribution in [0.2, 0.25) is 0 Å². The number of aryl methyl sites for hydroxylation is 1. The van der Waals surface area contributed by atoms with Crippen LogP contribution >= 0.6 is 0 Å². The van der Waals surface area contributed by atoms with Gasteiger partial charge in [-0.3, -0.25) is 14.6 Å². The molecule has 1 aromatic heterocycles. The van der Waals surface area contributed by atoms with Crippen molar-refractivity contribution in [2.24, 2.45) is 5.92 Å². The number of pyridine rings is 1. The first-order valence-corrected chi connectivity index (χ1v) is 9.58. The van der Waals surface area contributed by atoms with E-state index in [1.807, 2.05) is 18.2 Å². The highest BCUT2D eigenvalue weighted by Crippen LogP contribution is 2.39. The molecular formula is C22H25N3O2. The number of nitrogens with one attached hydrogen (secondary N) is 1. The first-order valence-electron chi connectivity index (χ1n) is 9.58. The summed E-state index contributed by atoms with van der Waals surface area (Å²) in [6.45, 7) is 3.03. The minimum atomic E-state index is -0.267. The van der Waals surface area contributed by atoms with Gasteiger partial charge in [0.05, 0.1) is 18.2 Å². The summed E-state index contributed by atoms with van der Waals surface area (Å²) in [4.78, 5) is 31.1. The van der Waals surface area contributed by atoms with E-state index in [0.29, 0.717) is 19.5 Å². The maximum atomic E-state index is 12.8. The summed E-state index contributed by atoms with van der Waals surface area (Å²) in [5.74, 6) is -0.224. The largest absolute Gasteiger partial charge is 0.350 e. The number of carbonyl (C=O) groups excluding carboxylic acids is 2. The molecule has 5 nitrogen and oxygen atoms in total. The molecule has 0 radical (unpaired) electrons. The number of carbonyl (C=O) groups is 2. The molecule has 1 saturated carbocycles. The van der Waals surface area contributed by atoms with Crippen LogP contribution in [0.3, 0.4) is 0 Å². The Morgan fingerprint density at radius 3 is 2.81 bits per heavy atom. The number of hydrogen-bond acceptors (Lipinski definition) is 3. The zero-order valence-electron chi connectivity index (χ0n) is 15.6. The van der Waals surface area contributed by atoms with Crippen molar-refractivity contribution in [1.82, 2.24) is 15.2 Å². The average molecular weight is 363 g/mol. The Morgan fingerprint density at radius 1 is 1.26 bits per heavy atom. The maximum Gasteiger partial charge on any atom is 0.225 e. The Kier molecular flexibility index (Phi) is 4.68. The maximum absolute atomic E-state index is 12.8. The Labute approximate surface area is 159 Å². The molecule has 2 fully saturated rings. The Morgan fingerprint density at radius 2 is 2.11 bits per heavy atom. The molecule has 4 rings (SSSR count). The van der Waals surface area contributed by atoms with Crippen molar-refractivity contribution in [3.05, 3.63) is 65.5 Å². The molecule has 1 unspecified atom stereocenters. The molecule has 0 spiro atoms. The van der Waals surface area contributed by atoms with Crippen molar-refractivity contribution in [3.63, 3.8) is 0 Å². The molecule has 5 heteroatoms. The van der Waals surface area contributed by atoms with Gasteiger partial charge in [0.2, 0.25) is 11.8 Å². The zero-order valence-corrected chi connectivity index (χ0v) is 15.6. The van der Waals surface area contributed by atoms with Gasteiger partial charge in [-0.25, -0.2) is 0 Å². The van der Waals surface area contributed by atoms with Gasteiger partial charge in [0.1, 0.15) is 0 Å². The van der Waals surface area contributed by atoms with Crippen LogP contribution in [0.25, 0.3) is 0 Å². The summed E-state index contributed by atoms with van der Waals surface area (Å²) in [6.07, 6.45) is 4.89. The lowest BCUT2D eigenvalue weighted by Gasteiger charge is -2.21. The van der Waals surface area contributed by atoms with Crippen molar-refractivity contribution < 1.29 is 9.59 Å². The monoisotopic (exact) mass is 363 g/mol. The average Bonchev–Trinajstić information content (AvgIpc) is 3.29. The third kappa shape index (κ3) is 4.18. The van der Waals surface area contributed by atoms with E-state index in [1.54, 1.807) is 11.1 Å². The number of hydrogen-bond donors (Lipinski definition) is 1. The Hall–Kier alpha value is -2.69. The third-order valence-corrected chi connectivity index (χ3v) is 5.53. The first-order chi connectivity index (χ1) is 13.0. The van der Waals surface area contributed by atoms with Crippen LogP contribution in [0.1, 0.15) is 36.1 Å². The fraction of sp³-hybridized carbons (Fsp3) is 0.409. The summed E-state index contributed by atoms with van der Waals surface area (Å²) < 4.78 is 0. The van der Waals surface area contributed by atoms with E-state index in [2.05, 4.69) is 41.5 Å². The van der Waals surface area contributed by atoms with Gasteiger partial charge in [0.25, 0.3) is 0 Å². The highest BCUT2D eigenvalue weighted by atomic mass is 16.2. The quantitative estimate of drug-likeness (QED) is 0.858. The predicted molar refractivity (Wildman–Crippen MR) is 103 cm³/mol. The fourth-order valence-electron chi connectivity index (χ4n) is 3.86. The van der Waals surface area contributed by atoms with Gasteiger partial charge in [-0.2, -0.15) is 0 Å². The van der Waals surface area contributed by atoms with E-state index in [-0.39, 0.29) is 23.3 Å². The van der Waals surface area contributed by atoms with Crippen molar-refractivity contribution >= 4 is 11.8 Å². The second-order valence-electron chi connectivity index (χ2n) is 7.93. The van der Waals surface area contributed by atoms with Crippen LogP contribution in [-0.2, 0) is 22.6 Å². The number of amides is 2. The van der Waals surface area contributed by atoms with Crippen LogP contribution < -0.4 is 5.32 Å². The van der Waals surface area contributed by atoms with Crippen LogP contribution in [0, 0.1) is 12.8 Å². The van der Waals surface area contributed by atoms with Crippen molar-refractivity contribution in [1.29, 1.82) is 0 Å². The Bertz CT molecular complexity index is 846. The molecule has 27 heavy (non-hydrogen) atoms. The molecule has 2 heterocycles. The lowest BCUT2D eigenvalue weighted by atomic mass is 10.0. The van der Waals surface area contributed by atoms with Gasteiger partial charge < -0.3 is 10.2 Å². The van der Waals surface area contributed by atoms with E-state index < -0.39 is 0 Å². The highest BCUT2D eigenvalue weighted by molar-refractivity contribution is 5.89. The van der Waals surface area contributed by atoms with E-state index in [4.69, 9.17) is 0 Å². The molecule has 1 N–H and O–H groups in total. The molecule has 140 valence electrons. The molecule has 0 bridgehead atoms. The normalized spacial score (nSPS) is 20.6. The smallest absolute Gasteiger partial charge is 0.225 e. The summed E-state index contributed by atoms with van der Waals surface area (Å²) in [5.41, 5.74) is 3.22. The van der Waals surface area contributed by atoms with Crippen LogP contribution in [-0.4, -0.2) is 33.8 Å². The van der Waals surface area contributed by atoms with E-state index in [9.17, 15) is 9.59 Å². The fourth-order valence-corrected chi connectivity index (χ4v) is 3.86. The van der Waals surface area contributed by atoms with Crippen molar-refractivity contribution in [2.45, 2.75) is 44.7 Å². The number of likely N-dealkylation sites (tertiary alicyclic amines) is 1. The molecule has 1 aromatic carbocycles. The second-order valence-corrected chi connectivity index (χ2v) is 7.93. The van der Waals surface area contributed by atoms with Gasteiger partial charge >= 0.3 is 0 Å². The number of rotatable bonds is 6. The molecule has 1 aliphatic carbocycles. The lowest BCUT2D eigenvalue weighted by Crippen LogP contribution is -2.42. The standard InChI is InChI=1S/C22H25N3O2/c1-16-5-4-6-17(11-16)13-22(8-9-22)24-21(27)18-12-20(26)25(14-18)15-19-7-2-3-10-23-19/h2-7,10-11,18H,8-9,12-15H2,1H3,(H,24,27). The van der Waals surface area contributed by atoms with Gasteiger partial charge in [-0.1, -0.05) is 35.9 Å². The van der Waals surface area contributed by atoms with Crippen molar-refractivity contribution in [3.8, 4) is 0 Å². The molecule has 2 aliphatic rings. The van der Waals surface area contributed by atoms with Gasteiger partial charge in [0, 0.05) is 24.7 Å². The molecule has 2 aromatic rings. The van der Waals surface area contributed by atoms with E-state index >= 15 is 0 Å². The summed E-state index contributed by atoms with van der Waals surface area (Å²) >= 11 is 0. The number of nitrogens with zero attached hydrogens (tertiary/aromatic N) is 2. The van der Waals surface area contributed by atoms with E-state index in [1.165, 1.54) is 11.1 Å². The van der Waals surface area contributed by atoms with E-state index in [0.717, 1.165) is 25.0 Å². The van der Waals surface area contributed by atoms with Crippen LogP contribution in [0.5, 0.6) is 0 Å².